The number of carbonyl (C=O) groups is 4. The number of hydrogen-bond acceptors (Lipinski definition) is 8. The maximum atomic E-state index is 13.4. The van der Waals surface area contributed by atoms with E-state index in [0.29, 0.717) is 36.0 Å². The smallest absolute Gasteiger partial charge is 0.256 e. The minimum atomic E-state index is -0.635. The van der Waals surface area contributed by atoms with Crippen molar-refractivity contribution < 1.29 is 19.2 Å². The van der Waals surface area contributed by atoms with E-state index in [2.05, 4.69) is 39.4 Å². The summed E-state index contributed by atoms with van der Waals surface area (Å²) in [5, 5.41) is 11.1. The van der Waals surface area contributed by atoms with Crippen molar-refractivity contribution in [2.45, 2.75) is 96.3 Å². The Bertz CT molecular complexity index is 2380. The summed E-state index contributed by atoms with van der Waals surface area (Å²) in [5.74, 6) is 5.90. The van der Waals surface area contributed by atoms with Crippen LogP contribution in [0.25, 0.3) is 16.6 Å². The third-order valence-corrected chi connectivity index (χ3v) is 11.1. The van der Waals surface area contributed by atoms with E-state index in [1.165, 1.54) is 0 Å². The molecule has 13 heteroatoms. The summed E-state index contributed by atoms with van der Waals surface area (Å²) in [5.41, 5.74) is 6.47. The number of rotatable bonds is 11. The molecule has 13 nitrogen and oxygen atoms in total. The minimum Gasteiger partial charge on any atom is -0.322 e. The van der Waals surface area contributed by atoms with Crippen LogP contribution in [0.4, 0.5) is 5.82 Å². The molecule has 2 aromatic carbocycles. The summed E-state index contributed by atoms with van der Waals surface area (Å²) in [7, 11) is 2.13. The summed E-state index contributed by atoms with van der Waals surface area (Å²) in [6.45, 7) is 4.16. The molecule has 2 N–H and O–H groups in total. The molecule has 6 heterocycles. The Morgan fingerprint density at radius 1 is 1.02 bits per heavy atom. The molecule has 0 saturated carbocycles. The maximum Gasteiger partial charge on any atom is 0.256 e. The van der Waals surface area contributed by atoms with Crippen LogP contribution < -0.4 is 10.6 Å². The van der Waals surface area contributed by atoms with Gasteiger partial charge >= 0.3 is 0 Å². The first-order valence-electron chi connectivity index (χ1n) is 19.3. The van der Waals surface area contributed by atoms with Crippen molar-refractivity contribution >= 4 is 46.0 Å². The number of aromatic nitrogens is 5. The van der Waals surface area contributed by atoms with Gasteiger partial charge < -0.3 is 14.6 Å². The number of imidazole rings is 1. The molecular formula is C42H45N9O4. The summed E-state index contributed by atoms with van der Waals surface area (Å²) in [6, 6.07) is 10.9. The summed E-state index contributed by atoms with van der Waals surface area (Å²) >= 11 is 0. The number of hydrogen-bond donors (Lipinski definition) is 2. The van der Waals surface area contributed by atoms with Crippen LogP contribution in [0, 0.1) is 18.8 Å². The highest BCUT2D eigenvalue weighted by Crippen LogP contribution is 2.31. The van der Waals surface area contributed by atoms with Gasteiger partial charge in [-0.3, -0.25) is 34.1 Å². The zero-order chi connectivity index (χ0) is 38.1. The molecule has 2 atom stereocenters. The zero-order valence-electron chi connectivity index (χ0n) is 31.3. The second-order valence-electron chi connectivity index (χ2n) is 14.9. The lowest BCUT2D eigenvalue weighted by atomic mass is 10.0. The molecule has 55 heavy (non-hydrogen) atoms. The van der Waals surface area contributed by atoms with Gasteiger partial charge in [-0.1, -0.05) is 43.2 Å². The van der Waals surface area contributed by atoms with Crippen molar-refractivity contribution in [1.29, 1.82) is 0 Å². The fourth-order valence-electron chi connectivity index (χ4n) is 8.13. The maximum absolute atomic E-state index is 13.4. The summed E-state index contributed by atoms with van der Waals surface area (Å²) in [4.78, 5) is 63.6. The molecule has 2 fully saturated rings. The van der Waals surface area contributed by atoms with Crippen LogP contribution >= 0.6 is 0 Å². The normalized spacial score (nSPS) is 18.5. The van der Waals surface area contributed by atoms with Gasteiger partial charge in [0.25, 0.3) is 11.8 Å². The first kappa shape index (κ1) is 36.1. The highest BCUT2D eigenvalue weighted by molar-refractivity contribution is 6.06. The van der Waals surface area contributed by atoms with Crippen molar-refractivity contribution in [2.75, 3.05) is 18.9 Å². The van der Waals surface area contributed by atoms with Gasteiger partial charge in [0.15, 0.2) is 5.65 Å². The Labute approximate surface area is 319 Å². The molecule has 0 aliphatic carbocycles. The zero-order valence-corrected chi connectivity index (χ0v) is 31.3. The Hall–Kier alpha value is -5.87. The van der Waals surface area contributed by atoms with Crippen LogP contribution in [0.3, 0.4) is 0 Å². The second-order valence-corrected chi connectivity index (χ2v) is 14.9. The Balaban J connectivity index is 0.808. The first-order chi connectivity index (χ1) is 26.7. The van der Waals surface area contributed by atoms with Crippen LogP contribution in [-0.4, -0.2) is 77.2 Å². The van der Waals surface area contributed by atoms with Crippen LogP contribution in [0.5, 0.6) is 0 Å². The van der Waals surface area contributed by atoms with Gasteiger partial charge in [-0.2, -0.15) is 5.10 Å². The van der Waals surface area contributed by atoms with Crippen molar-refractivity contribution in [1.82, 2.24) is 39.3 Å². The predicted octanol–water partition coefficient (Wildman–Crippen LogP) is 5.56. The molecular weight excluding hydrogens is 695 g/mol. The van der Waals surface area contributed by atoms with E-state index in [-0.39, 0.29) is 24.1 Å². The number of fused-ring (bicyclic) bond motifs is 3. The number of aryl methyl sites for hydroxylation is 2. The number of carbonyl (C=O) groups excluding carboxylic acids is 4. The fourth-order valence-corrected chi connectivity index (χ4v) is 8.13. The molecule has 3 aliphatic heterocycles. The van der Waals surface area contributed by atoms with Gasteiger partial charge in [0, 0.05) is 54.2 Å². The van der Waals surface area contributed by atoms with Gasteiger partial charge in [-0.05, 0) is 82.4 Å². The molecule has 3 aliphatic rings. The Kier molecular flexibility index (Phi) is 10.2. The molecule has 0 radical (unpaired) electrons. The van der Waals surface area contributed by atoms with Gasteiger partial charge in [0.05, 0.1) is 35.3 Å². The van der Waals surface area contributed by atoms with Crippen molar-refractivity contribution in [3.8, 4) is 11.8 Å². The van der Waals surface area contributed by atoms with Crippen LogP contribution in [0.2, 0.25) is 0 Å². The number of nitrogens with zero attached hydrogens (tertiary/aromatic N) is 7. The number of imide groups is 1. The van der Waals surface area contributed by atoms with E-state index in [4.69, 9.17) is 10.1 Å². The number of nitrogens with one attached hydrogen (secondary N) is 2. The van der Waals surface area contributed by atoms with Crippen molar-refractivity contribution in [3.63, 3.8) is 0 Å². The summed E-state index contributed by atoms with van der Waals surface area (Å²) < 4.78 is 3.94. The average molecular weight is 740 g/mol. The van der Waals surface area contributed by atoms with Gasteiger partial charge in [-0.15, -0.1) is 0 Å². The van der Waals surface area contributed by atoms with E-state index >= 15 is 0 Å². The van der Waals surface area contributed by atoms with E-state index in [1.807, 2.05) is 58.7 Å². The second kappa shape index (κ2) is 15.5. The molecule has 2 saturated heterocycles. The molecule has 1 unspecified atom stereocenters. The number of piperidine rings is 1. The van der Waals surface area contributed by atoms with E-state index in [9.17, 15) is 19.2 Å². The molecule has 0 spiro atoms. The lowest BCUT2D eigenvalue weighted by Crippen LogP contribution is -2.52. The molecule has 5 aromatic rings. The highest BCUT2D eigenvalue weighted by Gasteiger charge is 2.39. The minimum absolute atomic E-state index is 0.184. The molecule has 4 amide bonds. The molecule has 282 valence electrons. The number of unbranched alkanes of at least 4 members (excludes halogenated alkanes) is 5. The van der Waals surface area contributed by atoms with Gasteiger partial charge in [0.1, 0.15) is 11.9 Å². The lowest BCUT2D eigenvalue weighted by Gasteiger charge is -2.29. The molecule has 0 bridgehead atoms. The third-order valence-electron chi connectivity index (χ3n) is 11.1. The lowest BCUT2D eigenvalue weighted by molar-refractivity contribution is -0.136. The Morgan fingerprint density at radius 2 is 1.87 bits per heavy atom. The number of amides is 4. The number of anilines is 1. The number of benzene rings is 2. The standard InChI is InChI=1S/C42H45N9O4/c1-27-30-17-16-29(40(53)45-37-26-49-25-33(44-38(49)23-43-37)34-15-11-20-48(34)2)22-36(30)51(47-27)21-9-7-5-3-4-6-8-12-28-13-10-14-31-32(28)24-50(42(31)55)35-18-19-39(52)46-41(35)54/h10,13-14,16-17,22-23,25-26,34-35H,3-7,9,11,15,18-21,24H2,1-2H3,(H,45,53)(H,46,52,54)/t34-,35?/m1/s1. The van der Waals surface area contributed by atoms with Crippen molar-refractivity contribution in [3.05, 3.63) is 88.6 Å². The van der Waals surface area contributed by atoms with Crippen LogP contribution in [0.15, 0.2) is 55.0 Å². The molecule has 8 rings (SSSR count). The Morgan fingerprint density at radius 3 is 2.71 bits per heavy atom. The monoisotopic (exact) mass is 739 g/mol. The van der Waals surface area contributed by atoms with Crippen LogP contribution in [-0.2, 0) is 22.7 Å². The highest BCUT2D eigenvalue weighted by atomic mass is 16.2. The summed E-state index contributed by atoms with van der Waals surface area (Å²) in [6.07, 6.45) is 14.3. The number of likely N-dealkylation sites (tertiary alicyclic amines) is 1. The van der Waals surface area contributed by atoms with E-state index in [0.717, 1.165) is 104 Å². The third kappa shape index (κ3) is 7.47. The fraction of sp³-hybridized carbons (Fsp3) is 0.405. The van der Waals surface area contributed by atoms with Gasteiger partial charge in [0.2, 0.25) is 11.8 Å². The van der Waals surface area contributed by atoms with Crippen molar-refractivity contribution in [2.24, 2.45) is 0 Å². The van der Waals surface area contributed by atoms with Gasteiger partial charge in [-0.25, -0.2) is 9.97 Å². The SMILES string of the molecule is Cc1nn(CCCCCCCC#Cc2cccc3c2CN(C2CCC(=O)NC2=O)C3=O)c2cc(C(=O)Nc3cn4cc([C@H]5CCCN5C)nc4cn3)ccc12. The molecule has 3 aromatic heterocycles. The largest absolute Gasteiger partial charge is 0.322 e. The van der Waals surface area contributed by atoms with E-state index < -0.39 is 11.9 Å². The van der Waals surface area contributed by atoms with Crippen LogP contribution in [0.1, 0.15) is 113 Å². The van der Waals surface area contributed by atoms with E-state index in [1.54, 1.807) is 17.2 Å². The first-order valence-corrected chi connectivity index (χ1v) is 19.3. The predicted molar refractivity (Wildman–Crippen MR) is 207 cm³/mol. The average Bonchev–Trinajstić information content (AvgIpc) is 3.95. The topological polar surface area (TPSA) is 147 Å². The quantitative estimate of drug-likeness (QED) is 0.102.